The SMILES string of the molecule is CCCNc1cnnc(Nc2ccc(Cl)cc2C(F)(F)F)n1. The summed E-state index contributed by atoms with van der Waals surface area (Å²) in [6, 6.07) is 3.42. The van der Waals surface area contributed by atoms with Crippen molar-refractivity contribution in [3.05, 3.63) is 35.0 Å². The maximum Gasteiger partial charge on any atom is 0.418 e. The lowest BCUT2D eigenvalue weighted by molar-refractivity contribution is -0.136. The predicted octanol–water partition coefficient (Wildman–Crippen LogP) is 4.11. The van der Waals surface area contributed by atoms with Crippen molar-refractivity contribution in [2.24, 2.45) is 0 Å². The largest absolute Gasteiger partial charge is 0.418 e. The molecule has 0 spiro atoms. The average molecular weight is 332 g/mol. The van der Waals surface area contributed by atoms with E-state index >= 15 is 0 Å². The van der Waals surface area contributed by atoms with Gasteiger partial charge in [0.1, 0.15) is 0 Å². The van der Waals surface area contributed by atoms with Crippen LogP contribution >= 0.6 is 11.6 Å². The molecular weight excluding hydrogens is 319 g/mol. The number of hydrogen-bond donors (Lipinski definition) is 2. The van der Waals surface area contributed by atoms with Gasteiger partial charge >= 0.3 is 6.18 Å². The summed E-state index contributed by atoms with van der Waals surface area (Å²) in [6.07, 6.45) is -2.27. The fraction of sp³-hybridized carbons (Fsp3) is 0.308. The second-order valence-corrected chi connectivity index (χ2v) is 4.84. The highest BCUT2D eigenvalue weighted by Gasteiger charge is 2.34. The van der Waals surface area contributed by atoms with Gasteiger partial charge in [-0.05, 0) is 24.6 Å². The Bertz CT molecular complexity index is 648. The number of alkyl halides is 3. The molecule has 2 N–H and O–H groups in total. The minimum Gasteiger partial charge on any atom is -0.369 e. The maximum absolute atomic E-state index is 13.0. The lowest BCUT2D eigenvalue weighted by atomic mass is 10.1. The fourth-order valence-electron chi connectivity index (χ4n) is 1.68. The molecule has 0 saturated carbocycles. The number of halogens is 4. The highest BCUT2D eigenvalue weighted by atomic mass is 35.5. The van der Waals surface area contributed by atoms with E-state index in [0.29, 0.717) is 12.4 Å². The molecule has 0 aliphatic carbocycles. The molecule has 0 unspecified atom stereocenters. The fourth-order valence-corrected chi connectivity index (χ4v) is 1.85. The van der Waals surface area contributed by atoms with Crippen LogP contribution in [-0.4, -0.2) is 21.7 Å². The van der Waals surface area contributed by atoms with E-state index in [1.54, 1.807) is 0 Å². The third-order valence-electron chi connectivity index (χ3n) is 2.65. The summed E-state index contributed by atoms with van der Waals surface area (Å²) < 4.78 is 39.0. The number of benzene rings is 1. The van der Waals surface area contributed by atoms with Crippen molar-refractivity contribution >= 4 is 29.1 Å². The Labute approximate surface area is 129 Å². The zero-order valence-corrected chi connectivity index (χ0v) is 12.3. The maximum atomic E-state index is 13.0. The predicted molar refractivity (Wildman–Crippen MR) is 78.3 cm³/mol. The van der Waals surface area contributed by atoms with Gasteiger partial charge in [0, 0.05) is 11.6 Å². The van der Waals surface area contributed by atoms with Gasteiger partial charge in [0.15, 0.2) is 5.82 Å². The van der Waals surface area contributed by atoms with E-state index in [1.807, 2.05) is 6.92 Å². The number of rotatable bonds is 5. The Morgan fingerprint density at radius 3 is 2.73 bits per heavy atom. The molecule has 1 aromatic carbocycles. The number of aromatic nitrogens is 3. The van der Waals surface area contributed by atoms with Crippen LogP contribution in [0, 0.1) is 0 Å². The monoisotopic (exact) mass is 331 g/mol. The van der Waals surface area contributed by atoms with Crippen LogP contribution in [0.3, 0.4) is 0 Å². The van der Waals surface area contributed by atoms with Crippen molar-refractivity contribution in [1.29, 1.82) is 0 Å². The van der Waals surface area contributed by atoms with Gasteiger partial charge in [0.25, 0.3) is 0 Å². The second-order valence-electron chi connectivity index (χ2n) is 4.40. The summed E-state index contributed by atoms with van der Waals surface area (Å²) in [5, 5.41) is 12.9. The van der Waals surface area contributed by atoms with Crippen molar-refractivity contribution in [1.82, 2.24) is 15.2 Å². The van der Waals surface area contributed by atoms with Gasteiger partial charge in [-0.25, -0.2) is 0 Å². The molecule has 0 radical (unpaired) electrons. The molecule has 9 heteroatoms. The lowest BCUT2D eigenvalue weighted by Gasteiger charge is -2.14. The molecule has 2 aromatic rings. The van der Waals surface area contributed by atoms with E-state index < -0.39 is 11.7 Å². The highest BCUT2D eigenvalue weighted by molar-refractivity contribution is 6.30. The van der Waals surface area contributed by atoms with Crippen molar-refractivity contribution in [2.75, 3.05) is 17.2 Å². The Morgan fingerprint density at radius 2 is 2.05 bits per heavy atom. The molecule has 2 rings (SSSR count). The van der Waals surface area contributed by atoms with Gasteiger partial charge in [-0.2, -0.15) is 23.3 Å². The minimum atomic E-state index is -4.54. The Kier molecular flexibility index (Phi) is 5.02. The van der Waals surface area contributed by atoms with Crippen molar-refractivity contribution < 1.29 is 13.2 Å². The topological polar surface area (TPSA) is 62.7 Å². The molecule has 0 atom stereocenters. The first-order valence-corrected chi connectivity index (χ1v) is 6.85. The number of nitrogens with zero attached hydrogens (tertiary/aromatic N) is 3. The summed E-state index contributed by atoms with van der Waals surface area (Å²) in [6.45, 7) is 2.65. The summed E-state index contributed by atoms with van der Waals surface area (Å²) in [5.74, 6) is 0.399. The van der Waals surface area contributed by atoms with Crippen LogP contribution in [0.25, 0.3) is 0 Å². The summed E-state index contributed by atoms with van der Waals surface area (Å²) in [7, 11) is 0. The van der Waals surface area contributed by atoms with E-state index in [0.717, 1.165) is 12.5 Å². The molecule has 22 heavy (non-hydrogen) atoms. The van der Waals surface area contributed by atoms with Crippen molar-refractivity contribution in [3.8, 4) is 0 Å². The molecule has 0 aliphatic rings. The van der Waals surface area contributed by atoms with Crippen LogP contribution in [0.1, 0.15) is 18.9 Å². The molecule has 5 nitrogen and oxygen atoms in total. The third-order valence-corrected chi connectivity index (χ3v) is 2.88. The van der Waals surface area contributed by atoms with Crippen LogP contribution in [0.2, 0.25) is 5.02 Å². The van der Waals surface area contributed by atoms with Crippen molar-refractivity contribution in [2.45, 2.75) is 19.5 Å². The van der Waals surface area contributed by atoms with E-state index in [2.05, 4.69) is 25.8 Å². The first-order valence-electron chi connectivity index (χ1n) is 6.47. The first kappa shape index (κ1) is 16.3. The normalized spacial score (nSPS) is 11.3. The molecule has 1 aromatic heterocycles. The zero-order valence-electron chi connectivity index (χ0n) is 11.6. The van der Waals surface area contributed by atoms with E-state index in [4.69, 9.17) is 11.6 Å². The molecule has 0 amide bonds. The average Bonchev–Trinajstić information content (AvgIpc) is 2.46. The smallest absolute Gasteiger partial charge is 0.369 e. The van der Waals surface area contributed by atoms with Crippen LogP contribution in [0.15, 0.2) is 24.4 Å². The summed E-state index contributed by atoms with van der Waals surface area (Å²) in [4.78, 5) is 4.05. The highest BCUT2D eigenvalue weighted by Crippen LogP contribution is 2.37. The third kappa shape index (κ3) is 4.20. The van der Waals surface area contributed by atoms with Crippen LogP contribution in [0.5, 0.6) is 0 Å². The molecule has 0 fully saturated rings. The van der Waals surface area contributed by atoms with Gasteiger partial charge in [0.05, 0.1) is 17.4 Å². The van der Waals surface area contributed by atoms with Gasteiger partial charge in [-0.3, -0.25) is 0 Å². The van der Waals surface area contributed by atoms with Crippen LogP contribution in [-0.2, 0) is 6.18 Å². The molecule has 118 valence electrons. The van der Waals surface area contributed by atoms with E-state index in [1.165, 1.54) is 18.3 Å². The van der Waals surface area contributed by atoms with Gasteiger partial charge < -0.3 is 10.6 Å². The number of anilines is 3. The molecule has 0 saturated heterocycles. The quantitative estimate of drug-likeness (QED) is 0.863. The molecule has 0 bridgehead atoms. The van der Waals surface area contributed by atoms with Crippen LogP contribution in [0.4, 0.5) is 30.6 Å². The number of hydrogen-bond acceptors (Lipinski definition) is 5. The van der Waals surface area contributed by atoms with E-state index in [9.17, 15) is 13.2 Å². The summed E-state index contributed by atoms with van der Waals surface area (Å²) >= 11 is 5.63. The Morgan fingerprint density at radius 1 is 1.27 bits per heavy atom. The Hall–Kier alpha value is -2.09. The zero-order chi connectivity index (χ0) is 16.2. The van der Waals surface area contributed by atoms with Crippen LogP contribution < -0.4 is 10.6 Å². The second kappa shape index (κ2) is 6.78. The summed E-state index contributed by atoms with van der Waals surface area (Å²) in [5.41, 5.74) is -1.08. The Balaban J connectivity index is 2.27. The van der Waals surface area contributed by atoms with Gasteiger partial charge in [-0.15, -0.1) is 5.10 Å². The first-order chi connectivity index (χ1) is 10.4. The lowest BCUT2D eigenvalue weighted by Crippen LogP contribution is -2.11. The molecule has 1 heterocycles. The number of nitrogens with one attached hydrogen (secondary N) is 2. The standard InChI is InChI=1S/C13H13ClF3N5/c1-2-5-18-11-7-19-22-12(21-11)20-10-4-3-8(14)6-9(10)13(15,16)17/h3-4,6-7H,2,5H2,1H3,(H2,18,20,21,22). The van der Waals surface area contributed by atoms with E-state index in [-0.39, 0.29) is 16.7 Å². The van der Waals surface area contributed by atoms with Gasteiger partial charge in [0.2, 0.25) is 5.95 Å². The molecule has 0 aliphatic heterocycles. The minimum absolute atomic E-state index is 0.00437. The van der Waals surface area contributed by atoms with Gasteiger partial charge in [-0.1, -0.05) is 18.5 Å². The molecular formula is C13H13ClF3N5. The van der Waals surface area contributed by atoms with Crippen molar-refractivity contribution in [3.63, 3.8) is 0 Å².